The number of benzene rings is 1. The molecule has 170 valence electrons. The number of halogens is 5. The van der Waals surface area contributed by atoms with Crippen LogP contribution in [-0.2, 0) is 12.0 Å². The van der Waals surface area contributed by atoms with Crippen LogP contribution in [0.5, 0.6) is 5.75 Å². The molecule has 0 bridgehead atoms. The summed E-state index contributed by atoms with van der Waals surface area (Å²) in [6.07, 6.45) is -4.11. The number of hydrogen-bond donors (Lipinski definition) is 2. The van der Waals surface area contributed by atoms with E-state index < -0.39 is 36.0 Å². The van der Waals surface area contributed by atoms with E-state index in [-0.39, 0.29) is 23.7 Å². The molecule has 3 rings (SSSR count). The Morgan fingerprint density at radius 2 is 1.81 bits per heavy atom. The van der Waals surface area contributed by atoms with Crippen molar-refractivity contribution in [2.75, 3.05) is 7.11 Å². The van der Waals surface area contributed by atoms with Gasteiger partial charge in [0.15, 0.2) is 5.60 Å². The summed E-state index contributed by atoms with van der Waals surface area (Å²) >= 11 is 0. The van der Waals surface area contributed by atoms with Gasteiger partial charge in [0.25, 0.3) is 5.65 Å². The van der Waals surface area contributed by atoms with Crippen molar-refractivity contribution in [1.82, 2.24) is 4.98 Å². The summed E-state index contributed by atoms with van der Waals surface area (Å²) < 4.78 is 62.8. The number of pyridine rings is 1. The quantitative estimate of drug-likeness (QED) is 0.433. The molecule has 0 fully saturated rings. The van der Waals surface area contributed by atoms with Crippen LogP contribution in [0.2, 0.25) is 0 Å². The summed E-state index contributed by atoms with van der Waals surface area (Å²) in [4.78, 5) is 3.04. The number of ether oxygens (including phenoxy) is 1. The fraction of sp³-hybridized carbons (Fsp3) is 0.409. The zero-order valence-electron chi connectivity index (χ0n) is 17.6. The van der Waals surface area contributed by atoms with E-state index in [1.807, 2.05) is 6.07 Å². The molecule has 2 heterocycles. The molecular weight excluding hydrogens is 436 g/mol. The minimum absolute atomic E-state index is 0. The second kappa shape index (κ2) is 8.67. The summed E-state index contributed by atoms with van der Waals surface area (Å²) in [6.45, 7) is 4.16. The van der Waals surface area contributed by atoms with E-state index >= 15 is 0 Å². The predicted molar refractivity (Wildman–Crippen MR) is 105 cm³/mol. The van der Waals surface area contributed by atoms with Gasteiger partial charge in [0.1, 0.15) is 18.1 Å². The number of aliphatic hydroxyl groups is 1. The third-order valence-electron chi connectivity index (χ3n) is 5.37. The minimum Gasteiger partial charge on any atom is -1.00 e. The fourth-order valence-electron chi connectivity index (χ4n) is 3.98. The maximum Gasteiger partial charge on any atom is 0.421 e. The second-order valence-corrected chi connectivity index (χ2v) is 8.33. The first-order chi connectivity index (χ1) is 13.9. The molecule has 9 heteroatoms. The Morgan fingerprint density at radius 3 is 2.42 bits per heavy atom. The molecule has 4 nitrogen and oxygen atoms in total. The summed E-state index contributed by atoms with van der Waals surface area (Å²) in [7, 11) is 1.37. The van der Waals surface area contributed by atoms with Crippen LogP contribution in [0.25, 0.3) is 11.0 Å². The first kappa shape index (κ1) is 24.9. The van der Waals surface area contributed by atoms with Crippen molar-refractivity contribution >= 4 is 11.0 Å². The number of nitrogens with one attached hydrogen (secondary N) is 1. The Labute approximate surface area is 184 Å². The first-order valence-electron chi connectivity index (χ1n) is 9.47. The number of hydrogen-bond acceptors (Lipinski definition) is 2. The lowest BCUT2D eigenvalue weighted by Crippen LogP contribution is -3.00. The molecule has 3 aromatic rings. The minimum atomic E-state index is -4.92. The third-order valence-corrected chi connectivity index (χ3v) is 5.37. The van der Waals surface area contributed by atoms with Gasteiger partial charge in [-0.1, -0.05) is 13.8 Å². The normalized spacial score (nSPS) is 14.2. The lowest BCUT2D eigenvalue weighted by Gasteiger charge is -2.37. The Balaban J connectivity index is 0.00000341. The van der Waals surface area contributed by atoms with Gasteiger partial charge < -0.3 is 22.3 Å². The van der Waals surface area contributed by atoms with Gasteiger partial charge in [-0.15, -0.1) is 0 Å². The molecule has 1 aromatic carbocycles. The molecule has 1 unspecified atom stereocenters. The van der Waals surface area contributed by atoms with E-state index in [0.29, 0.717) is 5.65 Å². The van der Waals surface area contributed by atoms with Crippen molar-refractivity contribution in [3.63, 3.8) is 0 Å². The molecule has 0 aliphatic heterocycles. The molecule has 0 spiro atoms. The first-order valence-corrected chi connectivity index (χ1v) is 9.47. The van der Waals surface area contributed by atoms with E-state index in [2.05, 4.69) is 4.98 Å². The highest BCUT2D eigenvalue weighted by molar-refractivity contribution is 5.73. The van der Waals surface area contributed by atoms with Crippen molar-refractivity contribution in [2.45, 2.75) is 50.9 Å². The lowest BCUT2D eigenvalue weighted by molar-refractivity contribution is -0.694. The second-order valence-electron chi connectivity index (χ2n) is 8.33. The Hall–Kier alpha value is -2.32. The summed E-state index contributed by atoms with van der Waals surface area (Å²) in [6, 6.07) is 8.93. The maximum atomic E-state index is 14.1. The number of alkyl halides is 3. The van der Waals surface area contributed by atoms with E-state index in [1.165, 1.54) is 43.9 Å². The monoisotopic (exact) mass is 460 g/mol. The van der Waals surface area contributed by atoms with Gasteiger partial charge in [-0.2, -0.15) is 13.2 Å². The third kappa shape index (κ3) is 4.96. The molecule has 0 saturated heterocycles. The molecule has 0 saturated carbocycles. The molecule has 0 radical (unpaired) electrons. The van der Waals surface area contributed by atoms with Crippen molar-refractivity contribution in [3.8, 4) is 5.75 Å². The molecular formula is C22H25ClF4N2O2. The van der Waals surface area contributed by atoms with E-state index in [1.54, 1.807) is 19.1 Å². The van der Waals surface area contributed by atoms with Crippen LogP contribution in [-0.4, -0.2) is 29.0 Å². The van der Waals surface area contributed by atoms with Gasteiger partial charge in [-0.25, -0.2) is 13.9 Å². The van der Waals surface area contributed by atoms with Gasteiger partial charge >= 0.3 is 6.18 Å². The zero-order valence-corrected chi connectivity index (χ0v) is 18.4. The molecule has 0 aliphatic rings. The Kier molecular flexibility index (Phi) is 6.97. The van der Waals surface area contributed by atoms with Gasteiger partial charge in [-0.05, 0) is 55.2 Å². The van der Waals surface area contributed by atoms with Gasteiger partial charge in [-0.3, -0.25) is 0 Å². The number of H-pyrrole nitrogens is 1. The number of aromatic nitrogens is 2. The average Bonchev–Trinajstić information content (AvgIpc) is 3.01. The number of rotatable bonds is 6. The van der Waals surface area contributed by atoms with Crippen molar-refractivity contribution in [1.29, 1.82) is 0 Å². The summed E-state index contributed by atoms with van der Waals surface area (Å²) in [5.41, 5.74) is -2.76. The van der Waals surface area contributed by atoms with E-state index in [0.717, 1.165) is 17.1 Å². The van der Waals surface area contributed by atoms with Crippen LogP contribution in [0.3, 0.4) is 0 Å². The van der Waals surface area contributed by atoms with Crippen LogP contribution in [0.1, 0.15) is 31.5 Å². The molecule has 1 atom stereocenters. The maximum absolute atomic E-state index is 14.1. The highest BCUT2D eigenvalue weighted by Crippen LogP contribution is 2.44. The lowest BCUT2D eigenvalue weighted by atomic mass is 9.74. The van der Waals surface area contributed by atoms with Crippen LogP contribution < -0.4 is 21.7 Å². The summed E-state index contributed by atoms with van der Waals surface area (Å²) in [5, 5.41) is 11.6. The number of methoxy groups -OCH3 is 1. The highest BCUT2D eigenvalue weighted by atomic mass is 35.5. The standard InChI is InChI=1S/C22H24F4N2O2.ClH/c1-14-10-15-6-5-9-28(19(15)27-14)13-21(29,22(24,25)26)12-20(2,3)17-11-16(23)7-8-18(17)30-4;/h5-11,29H,12-13H2,1-4H3;1H. The molecule has 0 amide bonds. The average molecular weight is 461 g/mol. The molecule has 31 heavy (non-hydrogen) atoms. The predicted octanol–water partition coefficient (Wildman–Crippen LogP) is 1.58. The fourth-order valence-corrected chi connectivity index (χ4v) is 3.98. The van der Waals surface area contributed by atoms with E-state index in [4.69, 9.17) is 4.74 Å². The van der Waals surface area contributed by atoms with Gasteiger partial charge in [0, 0.05) is 5.56 Å². The van der Waals surface area contributed by atoms with Crippen molar-refractivity contribution in [3.05, 3.63) is 59.7 Å². The topological polar surface area (TPSA) is 49.1 Å². The molecule has 2 N–H and O–H groups in total. The highest BCUT2D eigenvalue weighted by Gasteiger charge is 2.58. The number of aryl methyl sites for hydroxylation is 1. The van der Waals surface area contributed by atoms with Crippen molar-refractivity contribution < 1.29 is 44.4 Å². The van der Waals surface area contributed by atoms with Crippen molar-refractivity contribution in [2.24, 2.45) is 0 Å². The number of fused-ring (bicyclic) bond motifs is 1. The summed E-state index contributed by atoms with van der Waals surface area (Å²) in [5.74, 6) is -0.323. The largest absolute Gasteiger partial charge is 1.00 e. The SMILES string of the molecule is COc1ccc(F)cc1C(C)(C)CC(O)(C[n+]1cccc2cc(C)[nH]c21)C(F)(F)F.[Cl-]. The number of aromatic amines is 1. The molecule has 2 aromatic heterocycles. The van der Waals surface area contributed by atoms with E-state index in [9.17, 15) is 22.7 Å². The van der Waals surface area contributed by atoms with Crippen LogP contribution in [0, 0.1) is 12.7 Å². The Morgan fingerprint density at radius 1 is 1.13 bits per heavy atom. The van der Waals surface area contributed by atoms with Crippen LogP contribution in [0.4, 0.5) is 17.6 Å². The molecule has 0 aliphatic carbocycles. The van der Waals surface area contributed by atoms with Crippen LogP contribution >= 0.6 is 0 Å². The number of nitrogens with zero attached hydrogens (tertiary/aromatic N) is 1. The Bertz CT molecular complexity index is 1070. The van der Waals surface area contributed by atoms with Gasteiger partial charge in [0.05, 0.1) is 24.4 Å². The van der Waals surface area contributed by atoms with Gasteiger partial charge in [0.2, 0.25) is 0 Å². The smallest absolute Gasteiger partial charge is 0.421 e. The zero-order chi connectivity index (χ0) is 22.3. The van der Waals surface area contributed by atoms with Crippen LogP contribution in [0.15, 0.2) is 42.6 Å².